The Hall–Kier alpha value is -5.96. The van der Waals surface area contributed by atoms with E-state index < -0.39 is 0 Å². The van der Waals surface area contributed by atoms with Gasteiger partial charge >= 0.3 is 0 Å². The highest BCUT2D eigenvalue weighted by Crippen LogP contribution is 2.41. The first-order valence-electron chi connectivity index (χ1n) is 16.3. The van der Waals surface area contributed by atoms with E-state index in [4.69, 9.17) is 0 Å². The van der Waals surface area contributed by atoms with Crippen LogP contribution >= 0.6 is 11.3 Å². The standard InChI is InChI=1S/C46H31NS/c1-3-10-32(11-4-1)33-18-23-38(24-19-33)47(40-27-29-44-43-15-7-8-17-45(43)48-46(44)31-40)39-25-20-34(21-26-39)36-22-28-42-37(30-36)14-9-16-41(42)35-12-5-2-6-13-35/h1-31H. The molecule has 0 saturated carbocycles. The van der Waals surface area contributed by atoms with Crippen LogP contribution in [0.1, 0.15) is 0 Å². The van der Waals surface area contributed by atoms with Gasteiger partial charge in [0.25, 0.3) is 0 Å². The number of rotatable bonds is 6. The fraction of sp³-hybridized carbons (Fsp3) is 0. The van der Waals surface area contributed by atoms with Gasteiger partial charge in [-0.2, -0.15) is 0 Å². The summed E-state index contributed by atoms with van der Waals surface area (Å²) < 4.78 is 2.61. The Balaban J connectivity index is 1.11. The summed E-state index contributed by atoms with van der Waals surface area (Å²) in [6.07, 6.45) is 0. The predicted molar refractivity (Wildman–Crippen MR) is 208 cm³/mol. The van der Waals surface area contributed by atoms with Crippen LogP contribution in [0, 0.1) is 0 Å². The van der Waals surface area contributed by atoms with Crippen LogP contribution in [0.4, 0.5) is 17.1 Å². The SMILES string of the molecule is c1ccc(-c2ccc(N(c3ccc(-c4ccc5c(-c6ccccc6)cccc5c4)cc3)c3ccc4c(c3)sc3ccccc34)cc2)cc1. The zero-order valence-corrected chi connectivity index (χ0v) is 27.1. The van der Waals surface area contributed by atoms with Crippen molar-refractivity contribution < 1.29 is 0 Å². The third kappa shape index (κ3) is 5.13. The first-order valence-corrected chi connectivity index (χ1v) is 17.2. The van der Waals surface area contributed by atoms with Crippen molar-refractivity contribution in [2.45, 2.75) is 0 Å². The lowest BCUT2D eigenvalue weighted by atomic mass is 9.95. The first-order chi connectivity index (χ1) is 23.8. The molecular formula is C46H31NS. The molecule has 2 heteroatoms. The van der Waals surface area contributed by atoms with Crippen molar-refractivity contribution in [2.75, 3.05) is 4.90 Å². The highest BCUT2D eigenvalue weighted by molar-refractivity contribution is 7.25. The molecule has 9 aromatic rings. The number of thiophene rings is 1. The van der Waals surface area contributed by atoms with Crippen LogP contribution in [0.2, 0.25) is 0 Å². The van der Waals surface area contributed by atoms with Crippen molar-refractivity contribution in [2.24, 2.45) is 0 Å². The minimum absolute atomic E-state index is 1.12. The lowest BCUT2D eigenvalue weighted by Crippen LogP contribution is -2.09. The average Bonchev–Trinajstić information content (AvgIpc) is 3.54. The fourth-order valence-electron chi connectivity index (χ4n) is 6.87. The zero-order valence-electron chi connectivity index (χ0n) is 26.3. The highest BCUT2D eigenvalue weighted by atomic mass is 32.1. The van der Waals surface area contributed by atoms with Crippen molar-refractivity contribution in [1.82, 2.24) is 0 Å². The summed E-state index contributed by atoms with van der Waals surface area (Å²) in [6, 6.07) is 68.1. The molecule has 1 nitrogen and oxygen atoms in total. The van der Waals surface area contributed by atoms with Gasteiger partial charge in [-0.25, -0.2) is 0 Å². The summed E-state index contributed by atoms with van der Waals surface area (Å²) in [7, 11) is 0. The van der Waals surface area contributed by atoms with Crippen LogP contribution in [0.5, 0.6) is 0 Å². The second kappa shape index (κ2) is 12.0. The van der Waals surface area contributed by atoms with Crippen molar-refractivity contribution in [3.8, 4) is 33.4 Å². The number of fused-ring (bicyclic) bond motifs is 4. The minimum Gasteiger partial charge on any atom is -0.310 e. The molecule has 0 fully saturated rings. The van der Waals surface area contributed by atoms with Gasteiger partial charge < -0.3 is 4.90 Å². The second-order valence-electron chi connectivity index (χ2n) is 12.2. The fourth-order valence-corrected chi connectivity index (χ4v) is 8.01. The molecule has 48 heavy (non-hydrogen) atoms. The monoisotopic (exact) mass is 629 g/mol. The smallest absolute Gasteiger partial charge is 0.0476 e. The largest absolute Gasteiger partial charge is 0.310 e. The lowest BCUT2D eigenvalue weighted by molar-refractivity contribution is 1.29. The summed E-state index contributed by atoms with van der Waals surface area (Å²) in [5.41, 5.74) is 10.7. The van der Waals surface area contributed by atoms with Crippen molar-refractivity contribution in [1.29, 1.82) is 0 Å². The van der Waals surface area contributed by atoms with E-state index in [0.717, 1.165) is 17.1 Å². The van der Waals surface area contributed by atoms with Gasteiger partial charge in [0.15, 0.2) is 0 Å². The molecule has 0 aliphatic heterocycles. The molecule has 0 amide bonds. The van der Waals surface area contributed by atoms with E-state index >= 15 is 0 Å². The van der Waals surface area contributed by atoms with Gasteiger partial charge in [-0.15, -0.1) is 11.3 Å². The van der Waals surface area contributed by atoms with E-state index in [1.165, 1.54) is 64.3 Å². The average molecular weight is 630 g/mol. The van der Waals surface area contributed by atoms with E-state index in [0.29, 0.717) is 0 Å². The molecule has 1 aromatic heterocycles. The molecule has 0 bridgehead atoms. The van der Waals surface area contributed by atoms with Gasteiger partial charge in [0, 0.05) is 37.2 Å². The van der Waals surface area contributed by atoms with Crippen LogP contribution in [-0.4, -0.2) is 0 Å². The van der Waals surface area contributed by atoms with E-state index in [2.05, 4.69) is 193 Å². The number of hydrogen-bond donors (Lipinski definition) is 0. The maximum atomic E-state index is 2.37. The summed E-state index contributed by atoms with van der Waals surface area (Å²) in [6.45, 7) is 0. The van der Waals surface area contributed by atoms with E-state index in [9.17, 15) is 0 Å². The zero-order chi connectivity index (χ0) is 31.9. The normalized spacial score (nSPS) is 11.3. The first kappa shape index (κ1) is 28.3. The molecule has 0 radical (unpaired) electrons. The minimum atomic E-state index is 1.12. The molecule has 0 spiro atoms. The summed E-state index contributed by atoms with van der Waals surface area (Å²) in [4.78, 5) is 2.37. The maximum absolute atomic E-state index is 2.37. The molecule has 8 aromatic carbocycles. The Bertz CT molecular complexity index is 2530. The van der Waals surface area contributed by atoms with Crippen LogP contribution in [-0.2, 0) is 0 Å². The molecule has 0 atom stereocenters. The number of anilines is 3. The molecule has 0 aliphatic carbocycles. The molecule has 9 rings (SSSR count). The second-order valence-corrected chi connectivity index (χ2v) is 13.3. The third-order valence-electron chi connectivity index (χ3n) is 9.28. The molecule has 0 aliphatic rings. The molecule has 0 unspecified atom stereocenters. The van der Waals surface area contributed by atoms with Crippen molar-refractivity contribution in [3.63, 3.8) is 0 Å². The van der Waals surface area contributed by atoms with Crippen LogP contribution in [0.25, 0.3) is 64.3 Å². The van der Waals surface area contributed by atoms with Crippen molar-refractivity contribution >= 4 is 59.3 Å². The number of benzene rings is 8. The molecule has 0 N–H and O–H groups in total. The Labute approximate surface area is 284 Å². The summed E-state index contributed by atoms with van der Waals surface area (Å²) >= 11 is 1.86. The van der Waals surface area contributed by atoms with Gasteiger partial charge in [0.05, 0.1) is 0 Å². The topological polar surface area (TPSA) is 3.24 Å². The van der Waals surface area contributed by atoms with E-state index in [-0.39, 0.29) is 0 Å². The third-order valence-corrected chi connectivity index (χ3v) is 10.4. The Kier molecular flexibility index (Phi) is 7.07. The highest BCUT2D eigenvalue weighted by Gasteiger charge is 2.16. The Morgan fingerprint density at radius 1 is 0.312 bits per heavy atom. The molecule has 226 valence electrons. The van der Waals surface area contributed by atoms with Crippen LogP contribution < -0.4 is 4.90 Å². The Morgan fingerprint density at radius 3 is 1.58 bits per heavy atom. The number of hydrogen-bond acceptors (Lipinski definition) is 2. The van der Waals surface area contributed by atoms with E-state index in [1.807, 2.05) is 11.3 Å². The summed E-state index contributed by atoms with van der Waals surface area (Å²) in [5, 5.41) is 5.14. The van der Waals surface area contributed by atoms with Crippen molar-refractivity contribution in [3.05, 3.63) is 188 Å². The van der Waals surface area contributed by atoms with Gasteiger partial charge in [-0.3, -0.25) is 0 Å². The lowest BCUT2D eigenvalue weighted by Gasteiger charge is -2.26. The van der Waals surface area contributed by atoms with Gasteiger partial charge in [0.2, 0.25) is 0 Å². The number of nitrogens with zero attached hydrogens (tertiary/aromatic N) is 1. The van der Waals surface area contributed by atoms with E-state index in [1.54, 1.807) is 0 Å². The molecule has 1 heterocycles. The predicted octanol–water partition coefficient (Wildman–Crippen LogP) is 13.7. The maximum Gasteiger partial charge on any atom is 0.0476 e. The van der Waals surface area contributed by atoms with Gasteiger partial charge in [0.1, 0.15) is 0 Å². The Morgan fingerprint density at radius 2 is 0.854 bits per heavy atom. The van der Waals surface area contributed by atoms with Crippen LogP contribution in [0.3, 0.4) is 0 Å². The van der Waals surface area contributed by atoms with Crippen LogP contribution in [0.15, 0.2) is 188 Å². The van der Waals surface area contributed by atoms with Gasteiger partial charge in [-0.05, 0) is 92.7 Å². The summed E-state index contributed by atoms with van der Waals surface area (Å²) in [5.74, 6) is 0. The van der Waals surface area contributed by atoms with Gasteiger partial charge in [-0.1, -0.05) is 140 Å². The quantitative estimate of drug-likeness (QED) is 0.177. The molecular weight excluding hydrogens is 599 g/mol. The molecule has 0 saturated heterocycles.